The number of aryl methyl sites for hydroxylation is 1. The number of anilines is 2. The highest BCUT2D eigenvalue weighted by molar-refractivity contribution is 5.88. The van der Waals surface area contributed by atoms with Crippen LogP contribution in [0.1, 0.15) is 24.2 Å². The van der Waals surface area contributed by atoms with Gasteiger partial charge >= 0.3 is 6.03 Å². The van der Waals surface area contributed by atoms with Crippen molar-refractivity contribution in [2.45, 2.75) is 26.4 Å². The summed E-state index contributed by atoms with van der Waals surface area (Å²) in [6.45, 7) is 3.86. The predicted octanol–water partition coefficient (Wildman–Crippen LogP) is 1.89. The Hall–Kier alpha value is -3.03. The zero-order chi connectivity index (χ0) is 19.3. The number of likely N-dealkylation sites (N-methyl/N-ethyl adjacent to an activating group) is 1. The van der Waals surface area contributed by atoms with Crippen molar-refractivity contribution in [3.8, 4) is 0 Å². The van der Waals surface area contributed by atoms with E-state index < -0.39 is 0 Å². The summed E-state index contributed by atoms with van der Waals surface area (Å²) in [5, 5.41) is 12.4. The first-order valence-electron chi connectivity index (χ1n) is 8.40. The number of carbonyl (C=O) groups is 2. The van der Waals surface area contributed by atoms with Crippen molar-refractivity contribution in [1.82, 2.24) is 20.4 Å². The van der Waals surface area contributed by atoms with E-state index in [1.165, 1.54) is 4.68 Å². The highest BCUT2D eigenvalue weighted by Crippen LogP contribution is 2.18. The fourth-order valence-corrected chi connectivity index (χ4v) is 2.44. The van der Waals surface area contributed by atoms with Crippen LogP contribution in [0.25, 0.3) is 0 Å². The van der Waals surface area contributed by atoms with Crippen LogP contribution in [0.4, 0.5) is 16.3 Å². The second kappa shape index (κ2) is 8.37. The highest BCUT2D eigenvalue weighted by atomic mass is 16.2. The van der Waals surface area contributed by atoms with Gasteiger partial charge in [-0.1, -0.05) is 12.1 Å². The first-order valence-corrected chi connectivity index (χ1v) is 8.40. The third kappa shape index (κ3) is 4.98. The van der Waals surface area contributed by atoms with Crippen molar-refractivity contribution in [2.75, 3.05) is 31.4 Å². The minimum absolute atomic E-state index is 0.111. The first kappa shape index (κ1) is 19.3. The Balaban J connectivity index is 1.95. The molecule has 0 aliphatic rings. The Labute approximate surface area is 153 Å². The van der Waals surface area contributed by atoms with Gasteiger partial charge in [-0.2, -0.15) is 5.10 Å². The van der Waals surface area contributed by atoms with Crippen LogP contribution in [0.5, 0.6) is 0 Å². The van der Waals surface area contributed by atoms with E-state index in [1.807, 2.05) is 57.1 Å². The van der Waals surface area contributed by atoms with E-state index in [0.717, 1.165) is 16.9 Å². The van der Waals surface area contributed by atoms with Gasteiger partial charge in [0.05, 0.1) is 6.04 Å². The number of nitrogens with zero attached hydrogens (tertiary/aromatic N) is 3. The summed E-state index contributed by atoms with van der Waals surface area (Å²) in [6.07, 6.45) is 0. The molecule has 0 spiro atoms. The molecule has 2 aromatic rings. The van der Waals surface area contributed by atoms with Crippen molar-refractivity contribution in [3.05, 3.63) is 41.6 Å². The van der Waals surface area contributed by atoms with E-state index in [2.05, 4.69) is 21.0 Å². The summed E-state index contributed by atoms with van der Waals surface area (Å²) < 4.78 is 1.54. The van der Waals surface area contributed by atoms with Gasteiger partial charge in [-0.3, -0.25) is 14.8 Å². The summed E-state index contributed by atoms with van der Waals surface area (Å²) in [5.41, 5.74) is 2.89. The summed E-state index contributed by atoms with van der Waals surface area (Å²) in [7, 11) is 5.53. The monoisotopic (exact) mass is 358 g/mol. The van der Waals surface area contributed by atoms with Crippen LogP contribution in [0, 0.1) is 6.92 Å². The van der Waals surface area contributed by atoms with Crippen molar-refractivity contribution in [2.24, 2.45) is 0 Å². The van der Waals surface area contributed by atoms with E-state index in [-0.39, 0.29) is 24.5 Å². The topological polar surface area (TPSA) is 91.3 Å². The fraction of sp³-hybridized carbons (Fsp3) is 0.389. The van der Waals surface area contributed by atoms with E-state index in [0.29, 0.717) is 5.82 Å². The molecule has 0 radical (unpaired) electrons. The Kier molecular flexibility index (Phi) is 6.21. The van der Waals surface area contributed by atoms with Gasteiger partial charge in [0.15, 0.2) is 5.82 Å². The zero-order valence-electron chi connectivity index (χ0n) is 15.8. The smallest absolute Gasteiger partial charge is 0.320 e. The molecule has 0 aliphatic carbocycles. The standard InChI is InChI=1S/C18H26N6O2/c1-12-10-16(22-24(12)11-17(25)19-3)21-18(26)20-13(2)14-6-8-15(9-7-14)23(4)5/h6-10,13H,11H2,1-5H3,(H,19,25)(H2,20,21,22,26). The third-order valence-corrected chi connectivity index (χ3v) is 4.05. The van der Waals surface area contributed by atoms with E-state index >= 15 is 0 Å². The maximum absolute atomic E-state index is 12.2. The molecule has 3 N–H and O–H groups in total. The molecule has 0 saturated carbocycles. The fourth-order valence-electron chi connectivity index (χ4n) is 2.44. The van der Waals surface area contributed by atoms with Crippen molar-refractivity contribution < 1.29 is 9.59 Å². The number of benzene rings is 1. The molecule has 1 heterocycles. The van der Waals surface area contributed by atoms with Crippen LogP contribution < -0.4 is 20.9 Å². The SMILES string of the molecule is CNC(=O)Cn1nc(NC(=O)NC(C)c2ccc(N(C)C)cc2)cc1C. The summed E-state index contributed by atoms with van der Waals surface area (Å²) in [5.74, 6) is 0.251. The molecule has 0 aliphatic heterocycles. The molecule has 8 nitrogen and oxygen atoms in total. The van der Waals surface area contributed by atoms with Gasteiger partial charge in [-0.15, -0.1) is 0 Å². The molecular weight excluding hydrogens is 332 g/mol. The average molecular weight is 358 g/mol. The lowest BCUT2D eigenvalue weighted by atomic mass is 10.1. The minimum Gasteiger partial charge on any atom is -0.378 e. The van der Waals surface area contributed by atoms with Crippen LogP contribution in [0.3, 0.4) is 0 Å². The molecule has 8 heteroatoms. The summed E-state index contributed by atoms with van der Waals surface area (Å²) in [4.78, 5) is 25.7. The molecule has 2 rings (SSSR count). The van der Waals surface area contributed by atoms with Gasteiger partial charge in [0, 0.05) is 38.6 Å². The van der Waals surface area contributed by atoms with Gasteiger partial charge in [0.1, 0.15) is 6.54 Å². The number of urea groups is 1. The second-order valence-electron chi connectivity index (χ2n) is 6.31. The summed E-state index contributed by atoms with van der Waals surface area (Å²) in [6, 6.07) is 9.22. The van der Waals surface area contributed by atoms with Crippen LogP contribution in [-0.2, 0) is 11.3 Å². The van der Waals surface area contributed by atoms with Crippen LogP contribution in [0.2, 0.25) is 0 Å². The molecule has 26 heavy (non-hydrogen) atoms. The number of hydrogen-bond donors (Lipinski definition) is 3. The number of carbonyl (C=O) groups excluding carboxylic acids is 2. The van der Waals surface area contributed by atoms with Crippen LogP contribution in [0.15, 0.2) is 30.3 Å². The average Bonchev–Trinajstić information content (AvgIpc) is 2.93. The maximum atomic E-state index is 12.2. The van der Waals surface area contributed by atoms with Gasteiger partial charge in [0.25, 0.3) is 0 Å². The second-order valence-corrected chi connectivity index (χ2v) is 6.31. The van der Waals surface area contributed by atoms with Crippen molar-refractivity contribution >= 4 is 23.4 Å². The zero-order valence-corrected chi connectivity index (χ0v) is 15.8. The lowest BCUT2D eigenvalue weighted by Gasteiger charge is -2.17. The van der Waals surface area contributed by atoms with Gasteiger partial charge in [-0.05, 0) is 31.5 Å². The van der Waals surface area contributed by atoms with Crippen LogP contribution >= 0.6 is 0 Å². The molecular formula is C18H26N6O2. The predicted molar refractivity (Wildman–Crippen MR) is 102 cm³/mol. The molecule has 140 valence electrons. The molecule has 0 bridgehead atoms. The Morgan fingerprint density at radius 1 is 1.23 bits per heavy atom. The van der Waals surface area contributed by atoms with E-state index in [1.54, 1.807) is 13.1 Å². The third-order valence-electron chi connectivity index (χ3n) is 4.05. The van der Waals surface area contributed by atoms with Crippen molar-refractivity contribution in [1.29, 1.82) is 0 Å². The van der Waals surface area contributed by atoms with Gasteiger partial charge in [0.2, 0.25) is 5.91 Å². The normalized spacial score (nSPS) is 11.6. The number of rotatable bonds is 6. The number of aromatic nitrogens is 2. The van der Waals surface area contributed by atoms with E-state index in [9.17, 15) is 9.59 Å². The minimum atomic E-state index is -0.348. The Bertz CT molecular complexity index is 766. The van der Waals surface area contributed by atoms with Crippen molar-refractivity contribution in [3.63, 3.8) is 0 Å². The molecule has 1 atom stereocenters. The highest BCUT2D eigenvalue weighted by Gasteiger charge is 2.13. The number of nitrogens with one attached hydrogen (secondary N) is 3. The Morgan fingerprint density at radius 2 is 1.88 bits per heavy atom. The van der Waals surface area contributed by atoms with E-state index in [4.69, 9.17) is 0 Å². The largest absolute Gasteiger partial charge is 0.378 e. The van der Waals surface area contributed by atoms with Gasteiger partial charge < -0.3 is 15.5 Å². The molecule has 0 saturated heterocycles. The molecule has 3 amide bonds. The number of hydrogen-bond acceptors (Lipinski definition) is 4. The lowest BCUT2D eigenvalue weighted by molar-refractivity contribution is -0.121. The Morgan fingerprint density at radius 3 is 2.46 bits per heavy atom. The molecule has 1 unspecified atom stereocenters. The first-order chi connectivity index (χ1) is 12.3. The lowest BCUT2D eigenvalue weighted by Crippen LogP contribution is -2.31. The van der Waals surface area contributed by atoms with Crippen LogP contribution in [-0.4, -0.2) is 42.9 Å². The molecule has 1 aromatic heterocycles. The quantitative estimate of drug-likeness (QED) is 0.735. The maximum Gasteiger partial charge on any atom is 0.320 e. The molecule has 1 aromatic carbocycles. The summed E-state index contributed by atoms with van der Waals surface area (Å²) >= 11 is 0. The number of amides is 3. The van der Waals surface area contributed by atoms with Gasteiger partial charge in [-0.25, -0.2) is 4.79 Å². The molecule has 0 fully saturated rings.